The van der Waals surface area contributed by atoms with Gasteiger partial charge in [-0.05, 0) is 30.5 Å². The highest BCUT2D eigenvalue weighted by atomic mass is 127. The number of nitrogens with one attached hydrogen (secondary N) is 1. The summed E-state index contributed by atoms with van der Waals surface area (Å²) in [4.78, 5) is 6.83. The van der Waals surface area contributed by atoms with E-state index < -0.39 is 10.0 Å². The smallest absolute Gasteiger partial charge is 0.243 e. The molecule has 0 radical (unpaired) electrons. The second-order valence-electron chi connectivity index (χ2n) is 6.09. The van der Waals surface area contributed by atoms with E-state index in [-0.39, 0.29) is 24.0 Å². The van der Waals surface area contributed by atoms with Gasteiger partial charge in [-0.3, -0.25) is 4.99 Å². The topological polar surface area (TPSA) is 65.0 Å². The van der Waals surface area contributed by atoms with E-state index >= 15 is 0 Å². The van der Waals surface area contributed by atoms with Gasteiger partial charge in [0, 0.05) is 33.2 Å². The zero-order valence-electron chi connectivity index (χ0n) is 13.9. The van der Waals surface area contributed by atoms with Crippen molar-refractivity contribution in [3.8, 4) is 0 Å². The number of hydrogen-bond acceptors (Lipinski definition) is 5. The number of hydrogen-bond donors (Lipinski definition) is 1. The second kappa shape index (κ2) is 8.48. The van der Waals surface area contributed by atoms with Crippen LogP contribution >= 0.6 is 24.0 Å². The molecular weight excluding hydrogens is 439 g/mol. The molecule has 0 bridgehead atoms. The summed E-state index contributed by atoms with van der Waals surface area (Å²) in [6.45, 7) is 3.57. The lowest BCUT2D eigenvalue weighted by Gasteiger charge is -2.26. The molecule has 0 aromatic heterocycles. The molecule has 2 aliphatic rings. The highest BCUT2D eigenvalue weighted by molar-refractivity contribution is 14.0. The van der Waals surface area contributed by atoms with Crippen LogP contribution in [0.3, 0.4) is 0 Å². The Labute approximate surface area is 161 Å². The summed E-state index contributed by atoms with van der Waals surface area (Å²) in [7, 11) is -1.37. The van der Waals surface area contributed by atoms with E-state index in [1.54, 1.807) is 16.4 Å². The molecule has 1 aromatic rings. The molecule has 3 rings (SSSR count). The van der Waals surface area contributed by atoms with Gasteiger partial charge < -0.3 is 10.2 Å². The summed E-state index contributed by atoms with van der Waals surface area (Å²) in [6, 6.07) is 7.21. The van der Waals surface area contributed by atoms with E-state index in [1.165, 1.54) is 0 Å². The molecule has 2 aliphatic heterocycles. The SMILES string of the molecule is CN1CCN=C1NCc1cccc(S(=O)(=O)N2CCCCC2)c1.I. The predicted molar refractivity (Wildman–Crippen MR) is 106 cm³/mol. The highest BCUT2D eigenvalue weighted by Crippen LogP contribution is 2.21. The maximum absolute atomic E-state index is 12.7. The zero-order valence-corrected chi connectivity index (χ0v) is 17.1. The van der Waals surface area contributed by atoms with E-state index in [0.29, 0.717) is 24.5 Å². The van der Waals surface area contributed by atoms with Crippen molar-refractivity contribution >= 4 is 40.0 Å². The van der Waals surface area contributed by atoms with Crippen molar-refractivity contribution in [3.05, 3.63) is 29.8 Å². The molecule has 0 saturated carbocycles. The fraction of sp³-hybridized carbons (Fsp3) is 0.562. The predicted octanol–water partition coefficient (Wildman–Crippen LogP) is 1.87. The largest absolute Gasteiger partial charge is 0.352 e. The van der Waals surface area contributed by atoms with Crippen molar-refractivity contribution < 1.29 is 8.42 Å². The number of nitrogens with zero attached hydrogens (tertiary/aromatic N) is 3. The van der Waals surface area contributed by atoms with E-state index in [0.717, 1.165) is 43.9 Å². The van der Waals surface area contributed by atoms with Crippen molar-refractivity contribution in [3.63, 3.8) is 0 Å². The Morgan fingerprint density at radius 1 is 1.17 bits per heavy atom. The molecule has 0 atom stereocenters. The van der Waals surface area contributed by atoms with E-state index in [4.69, 9.17) is 0 Å². The maximum Gasteiger partial charge on any atom is 0.243 e. The number of likely N-dealkylation sites (N-methyl/N-ethyl adjacent to an activating group) is 1. The van der Waals surface area contributed by atoms with Gasteiger partial charge in [-0.1, -0.05) is 18.6 Å². The van der Waals surface area contributed by atoms with Crippen molar-refractivity contribution in [2.75, 3.05) is 33.2 Å². The molecule has 1 aromatic carbocycles. The lowest BCUT2D eigenvalue weighted by atomic mass is 10.2. The van der Waals surface area contributed by atoms with Crippen LogP contribution < -0.4 is 5.32 Å². The lowest BCUT2D eigenvalue weighted by Crippen LogP contribution is -2.36. The van der Waals surface area contributed by atoms with Crippen LogP contribution in [0, 0.1) is 0 Å². The number of piperidine rings is 1. The fourth-order valence-electron chi connectivity index (χ4n) is 2.97. The number of guanidine groups is 1. The summed E-state index contributed by atoms with van der Waals surface area (Å²) in [5, 5.41) is 3.27. The van der Waals surface area contributed by atoms with Gasteiger partial charge in [0.05, 0.1) is 11.4 Å². The number of rotatable bonds is 4. The Hall–Kier alpha value is -0.870. The van der Waals surface area contributed by atoms with Crippen molar-refractivity contribution in [1.82, 2.24) is 14.5 Å². The Balaban J connectivity index is 0.00000208. The first-order chi connectivity index (χ1) is 11.1. The molecule has 134 valence electrons. The van der Waals surface area contributed by atoms with Gasteiger partial charge in [0.1, 0.15) is 0 Å². The lowest BCUT2D eigenvalue weighted by molar-refractivity contribution is 0.346. The van der Waals surface area contributed by atoms with Crippen LogP contribution in [0.25, 0.3) is 0 Å². The molecule has 0 unspecified atom stereocenters. The third-order valence-electron chi connectivity index (χ3n) is 4.36. The zero-order chi connectivity index (χ0) is 16.3. The molecule has 0 amide bonds. The molecule has 2 heterocycles. The Morgan fingerprint density at radius 3 is 2.58 bits per heavy atom. The molecule has 6 nitrogen and oxygen atoms in total. The Kier molecular flexibility index (Phi) is 6.88. The van der Waals surface area contributed by atoms with E-state index in [1.807, 2.05) is 19.2 Å². The Morgan fingerprint density at radius 2 is 1.92 bits per heavy atom. The highest BCUT2D eigenvalue weighted by Gasteiger charge is 2.25. The summed E-state index contributed by atoms with van der Waals surface area (Å²) in [5.41, 5.74) is 0.950. The number of aliphatic imine (C=N–C) groups is 1. The minimum Gasteiger partial charge on any atom is -0.352 e. The second-order valence-corrected chi connectivity index (χ2v) is 8.03. The first kappa shape index (κ1) is 19.5. The quantitative estimate of drug-likeness (QED) is 0.692. The molecule has 1 fully saturated rings. The van der Waals surface area contributed by atoms with E-state index in [2.05, 4.69) is 15.2 Å². The molecule has 0 aliphatic carbocycles. The average Bonchev–Trinajstić information content (AvgIpc) is 2.99. The van der Waals surface area contributed by atoms with Gasteiger partial charge in [0.2, 0.25) is 10.0 Å². The summed E-state index contributed by atoms with van der Waals surface area (Å²) in [5.74, 6) is 0.870. The summed E-state index contributed by atoms with van der Waals surface area (Å²) in [6.07, 6.45) is 3.02. The first-order valence-electron chi connectivity index (χ1n) is 8.16. The van der Waals surface area contributed by atoms with Crippen molar-refractivity contribution in [2.45, 2.75) is 30.7 Å². The third kappa shape index (κ3) is 4.40. The molecule has 1 N–H and O–H groups in total. The number of benzene rings is 1. The van der Waals surface area contributed by atoms with Gasteiger partial charge in [-0.25, -0.2) is 8.42 Å². The van der Waals surface area contributed by atoms with Gasteiger partial charge >= 0.3 is 0 Å². The average molecular weight is 464 g/mol. The van der Waals surface area contributed by atoms with Gasteiger partial charge in [-0.2, -0.15) is 4.31 Å². The monoisotopic (exact) mass is 464 g/mol. The van der Waals surface area contributed by atoms with Gasteiger partial charge in [0.15, 0.2) is 5.96 Å². The summed E-state index contributed by atoms with van der Waals surface area (Å²) < 4.78 is 27.1. The van der Waals surface area contributed by atoms with Gasteiger partial charge in [-0.15, -0.1) is 24.0 Å². The van der Waals surface area contributed by atoms with Crippen LogP contribution in [0.15, 0.2) is 34.2 Å². The number of halogens is 1. The maximum atomic E-state index is 12.7. The minimum atomic E-state index is -3.37. The third-order valence-corrected chi connectivity index (χ3v) is 6.26. The molecule has 0 spiro atoms. The molecule has 24 heavy (non-hydrogen) atoms. The summed E-state index contributed by atoms with van der Waals surface area (Å²) >= 11 is 0. The first-order valence-corrected chi connectivity index (χ1v) is 9.60. The van der Waals surface area contributed by atoms with Crippen LogP contribution in [-0.4, -0.2) is 56.8 Å². The van der Waals surface area contributed by atoms with Crippen LogP contribution in [-0.2, 0) is 16.6 Å². The molecular formula is C16H25IN4O2S. The minimum absolute atomic E-state index is 0. The molecule has 1 saturated heterocycles. The molecule has 8 heteroatoms. The van der Waals surface area contributed by atoms with Crippen LogP contribution in [0.2, 0.25) is 0 Å². The van der Waals surface area contributed by atoms with E-state index in [9.17, 15) is 8.42 Å². The Bertz CT molecular complexity index is 687. The van der Waals surface area contributed by atoms with Crippen molar-refractivity contribution in [1.29, 1.82) is 0 Å². The fourth-order valence-corrected chi connectivity index (χ4v) is 4.56. The normalized spacial score (nSPS) is 18.9. The standard InChI is InChI=1S/C16H24N4O2S.HI/c1-19-11-8-17-16(19)18-13-14-6-5-7-15(12-14)23(21,22)20-9-3-2-4-10-20;/h5-7,12H,2-4,8-11,13H2,1H3,(H,17,18);1H. The van der Waals surface area contributed by atoms with Crippen LogP contribution in [0.4, 0.5) is 0 Å². The van der Waals surface area contributed by atoms with Crippen molar-refractivity contribution in [2.24, 2.45) is 4.99 Å². The van der Waals surface area contributed by atoms with Crippen LogP contribution in [0.1, 0.15) is 24.8 Å². The van der Waals surface area contributed by atoms with Gasteiger partial charge in [0.25, 0.3) is 0 Å². The van der Waals surface area contributed by atoms with Crippen LogP contribution in [0.5, 0.6) is 0 Å². The number of sulfonamides is 1.